The van der Waals surface area contributed by atoms with Gasteiger partial charge in [-0.2, -0.15) is 15.0 Å². The molecule has 0 fully saturated rings. The first-order valence-electron chi connectivity index (χ1n) is 10.1. The molecule has 0 atom stereocenters. The molecule has 0 aliphatic heterocycles. The normalized spacial score (nSPS) is 10.2. The van der Waals surface area contributed by atoms with E-state index in [-0.39, 0.29) is 18.4 Å². The Balaban J connectivity index is 0.00000141. The zero-order valence-corrected chi connectivity index (χ0v) is 19.2. The van der Waals surface area contributed by atoms with Crippen LogP contribution in [-0.2, 0) is 18.9 Å². The number of anilines is 1. The number of rotatable bonds is 6. The van der Waals surface area contributed by atoms with Gasteiger partial charge in [-0.05, 0) is 12.1 Å². The van der Waals surface area contributed by atoms with Gasteiger partial charge in [0.05, 0.1) is 24.0 Å². The summed E-state index contributed by atoms with van der Waals surface area (Å²) in [7, 11) is 3.59. The number of hydrogen-bond donors (Lipinski definition) is 2. The van der Waals surface area contributed by atoms with Crippen LogP contribution in [0.2, 0.25) is 0 Å². The Morgan fingerprint density at radius 2 is 1.84 bits per heavy atom. The summed E-state index contributed by atoms with van der Waals surface area (Å²) in [6.07, 6.45) is 5.16. The molecule has 2 amide bonds. The van der Waals surface area contributed by atoms with E-state index >= 15 is 0 Å². The van der Waals surface area contributed by atoms with Crippen LogP contribution in [0, 0.1) is 0 Å². The molecule has 1 aromatic carbocycles. The lowest BCUT2D eigenvalue weighted by atomic mass is 10.1. The van der Waals surface area contributed by atoms with E-state index in [1.807, 2.05) is 50.5 Å². The third-order valence-corrected chi connectivity index (χ3v) is 5.07. The van der Waals surface area contributed by atoms with Crippen molar-refractivity contribution >= 4 is 28.3 Å². The van der Waals surface area contributed by atoms with Crippen LogP contribution in [0.1, 0.15) is 24.2 Å². The Bertz CT molecular complexity index is 1210. The second kappa shape index (κ2) is 10.5. The summed E-state index contributed by atoms with van der Waals surface area (Å²) in [4.78, 5) is 30.2. The summed E-state index contributed by atoms with van der Waals surface area (Å²) in [5.74, 6) is -0.639. The minimum Gasteiger partial charge on any atom is -0.356 e. The minimum atomic E-state index is -0.339. The smallest absolute Gasteiger partial charge is 0.253 e. The van der Waals surface area contributed by atoms with Gasteiger partial charge in [-0.3, -0.25) is 9.59 Å². The Morgan fingerprint density at radius 1 is 1.09 bits per heavy atom. The number of benzene rings is 1. The fraction of sp³-hybridized carbons (Fsp3) is 0.227. The summed E-state index contributed by atoms with van der Waals surface area (Å²) >= 11 is 1.32. The Morgan fingerprint density at radius 3 is 2.50 bits per heavy atom. The summed E-state index contributed by atoms with van der Waals surface area (Å²) in [6.45, 7) is 3.87. The zero-order chi connectivity index (χ0) is 23.1. The van der Waals surface area contributed by atoms with Crippen molar-refractivity contribution in [2.45, 2.75) is 13.8 Å². The molecule has 4 rings (SSSR count). The number of carbonyl (C=O) groups excluding carboxylic acids is 2. The van der Waals surface area contributed by atoms with Crippen molar-refractivity contribution in [2.75, 3.05) is 11.9 Å². The Labute approximate surface area is 190 Å². The maximum Gasteiger partial charge on any atom is 0.253 e. The van der Waals surface area contributed by atoms with Crippen molar-refractivity contribution in [3.05, 3.63) is 59.9 Å². The Kier molecular flexibility index (Phi) is 7.50. The van der Waals surface area contributed by atoms with Gasteiger partial charge < -0.3 is 15.2 Å². The third kappa shape index (κ3) is 5.67. The van der Waals surface area contributed by atoms with Crippen molar-refractivity contribution in [1.29, 1.82) is 0 Å². The van der Waals surface area contributed by atoms with Crippen molar-refractivity contribution in [2.24, 2.45) is 14.1 Å². The molecule has 0 spiro atoms. The van der Waals surface area contributed by atoms with Crippen LogP contribution in [0.3, 0.4) is 0 Å². The average Bonchev–Trinajstić information content (AvgIpc) is 3.55. The van der Waals surface area contributed by atoms with Crippen LogP contribution in [0.15, 0.2) is 54.3 Å². The molecule has 3 heterocycles. The van der Waals surface area contributed by atoms with E-state index in [0.717, 1.165) is 22.5 Å². The second-order valence-electron chi connectivity index (χ2n) is 6.63. The number of nitrogens with zero attached hydrogens (tertiary/aromatic N) is 5. The van der Waals surface area contributed by atoms with E-state index in [0.29, 0.717) is 10.7 Å². The molecule has 0 saturated carbocycles. The van der Waals surface area contributed by atoms with Gasteiger partial charge in [-0.15, -0.1) is 11.3 Å². The summed E-state index contributed by atoms with van der Waals surface area (Å²) in [6, 6.07) is 9.49. The molecule has 2 N–H and O–H groups in total. The number of carbonyl (C=O) groups is 2. The summed E-state index contributed by atoms with van der Waals surface area (Å²) in [5, 5.41) is 16.1. The topological polar surface area (TPSA) is 107 Å². The van der Waals surface area contributed by atoms with Crippen molar-refractivity contribution in [1.82, 2.24) is 29.9 Å². The molecule has 3 aromatic heterocycles. The van der Waals surface area contributed by atoms with Crippen LogP contribution in [0.5, 0.6) is 0 Å². The maximum atomic E-state index is 12.2. The predicted octanol–water partition coefficient (Wildman–Crippen LogP) is 3.34. The third-order valence-electron chi connectivity index (χ3n) is 4.31. The maximum absolute atomic E-state index is 12.2. The number of aryl methyl sites for hydroxylation is 2. The standard InChI is InChI=1S/C20H19N7O2S.C2H6/c1-26-7-6-15(11-26)19(29)21-10-18(28)24-20-23-17(12-30-20)14-5-3-4-13(8-14)16-9-22-27(2)25-16;1-2/h3-9,11-12H,10H2,1-2H3,(H,21,29)(H,23,24,28);1-2H3. The fourth-order valence-corrected chi connectivity index (χ4v) is 3.58. The van der Waals surface area contributed by atoms with Crippen LogP contribution in [0.4, 0.5) is 5.13 Å². The highest BCUT2D eigenvalue weighted by Crippen LogP contribution is 2.28. The minimum absolute atomic E-state index is 0.134. The SMILES string of the molecule is CC.Cn1ccc(C(=O)NCC(=O)Nc2nc(-c3cccc(-c4cnn(C)n4)c3)cs2)c1. The molecule has 0 radical (unpaired) electrons. The lowest BCUT2D eigenvalue weighted by molar-refractivity contribution is -0.115. The van der Waals surface area contributed by atoms with E-state index in [2.05, 4.69) is 25.8 Å². The molecule has 4 aromatic rings. The van der Waals surface area contributed by atoms with Gasteiger partial charge in [0.1, 0.15) is 5.69 Å². The van der Waals surface area contributed by atoms with E-state index in [1.54, 1.807) is 36.3 Å². The van der Waals surface area contributed by atoms with Crippen molar-refractivity contribution in [3.63, 3.8) is 0 Å². The molecule has 0 aliphatic carbocycles. The number of amides is 2. The van der Waals surface area contributed by atoms with E-state index in [9.17, 15) is 9.59 Å². The molecule has 10 heteroatoms. The fourth-order valence-electron chi connectivity index (χ4n) is 2.84. The zero-order valence-electron chi connectivity index (χ0n) is 18.4. The molecular formula is C22H25N7O2S. The van der Waals surface area contributed by atoms with Gasteiger partial charge in [0.2, 0.25) is 5.91 Å². The number of aromatic nitrogens is 5. The first-order chi connectivity index (χ1) is 15.5. The van der Waals surface area contributed by atoms with Crippen LogP contribution in [0.25, 0.3) is 22.5 Å². The van der Waals surface area contributed by atoms with Crippen LogP contribution in [-0.4, -0.2) is 42.9 Å². The van der Waals surface area contributed by atoms with E-state index in [1.165, 1.54) is 16.1 Å². The Hall–Kier alpha value is -3.79. The van der Waals surface area contributed by atoms with Crippen LogP contribution >= 0.6 is 11.3 Å². The van der Waals surface area contributed by atoms with Gasteiger partial charge in [0, 0.05) is 43.0 Å². The molecule has 0 saturated heterocycles. The number of hydrogen-bond acceptors (Lipinski definition) is 6. The highest BCUT2D eigenvalue weighted by Gasteiger charge is 2.12. The van der Waals surface area contributed by atoms with Gasteiger partial charge in [0.25, 0.3) is 5.91 Å². The number of nitrogens with one attached hydrogen (secondary N) is 2. The lowest BCUT2D eigenvalue weighted by Crippen LogP contribution is -2.32. The highest BCUT2D eigenvalue weighted by molar-refractivity contribution is 7.14. The molecule has 9 nitrogen and oxygen atoms in total. The van der Waals surface area contributed by atoms with E-state index < -0.39 is 0 Å². The van der Waals surface area contributed by atoms with E-state index in [4.69, 9.17) is 0 Å². The molecule has 0 bridgehead atoms. The largest absolute Gasteiger partial charge is 0.356 e. The first kappa shape index (κ1) is 22.9. The predicted molar refractivity (Wildman–Crippen MR) is 125 cm³/mol. The summed E-state index contributed by atoms with van der Waals surface area (Å²) in [5.41, 5.74) is 3.87. The lowest BCUT2D eigenvalue weighted by Gasteiger charge is -2.04. The monoisotopic (exact) mass is 451 g/mol. The average molecular weight is 452 g/mol. The molecule has 0 aliphatic rings. The van der Waals surface area contributed by atoms with Gasteiger partial charge in [0.15, 0.2) is 5.13 Å². The van der Waals surface area contributed by atoms with Crippen LogP contribution < -0.4 is 10.6 Å². The molecular weight excluding hydrogens is 426 g/mol. The second-order valence-corrected chi connectivity index (χ2v) is 7.49. The van der Waals surface area contributed by atoms with Gasteiger partial charge in [-0.1, -0.05) is 32.0 Å². The molecule has 0 unspecified atom stereocenters. The van der Waals surface area contributed by atoms with Gasteiger partial charge >= 0.3 is 0 Å². The quantitative estimate of drug-likeness (QED) is 0.468. The van der Waals surface area contributed by atoms with Crippen molar-refractivity contribution in [3.8, 4) is 22.5 Å². The van der Waals surface area contributed by atoms with Gasteiger partial charge in [-0.25, -0.2) is 4.98 Å². The number of thiazole rings is 1. The first-order valence-corrected chi connectivity index (χ1v) is 11.0. The molecule has 32 heavy (non-hydrogen) atoms. The highest BCUT2D eigenvalue weighted by atomic mass is 32.1. The summed E-state index contributed by atoms with van der Waals surface area (Å²) < 4.78 is 1.77. The van der Waals surface area contributed by atoms with Crippen molar-refractivity contribution < 1.29 is 9.59 Å². The molecule has 166 valence electrons.